The fraction of sp³-hybridized carbons (Fsp3) is 0.250. The van der Waals surface area contributed by atoms with E-state index in [2.05, 4.69) is 0 Å². The number of nitrogens with zero attached hydrogens (tertiary/aromatic N) is 1. The van der Waals surface area contributed by atoms with Crippen molar-refractivity contribution in [1.29, 1.82) is 0 Å². The Bertz CT molecular complexity index is 497. The van der Waals surface area contributed by atoms with Gasteiger partial charge in [0.15, 0.2) is 0 Å². The minimum absolute atomic E-state index is 0.0161. The van der Waals surface area contributed by atoms with Crippen molar-refractivity contribution in [3.05, 3.63) is 35.7 Å². The van der Waals surface area contributed by atoms with Gasteiger partial charge in [0, 0.05) is 18.8 Å². The van der Waals surface area contributed by atoms with Crippen LogP contribution in [0.2, 0.25) is 0 Å². The smallest absolute Gasteiger partial charge is 0.405 e. The van der Waals surface area contributed by atoms with Crippen LogP contribution in [0.15, 0.2) is 24.3 Å². The molecule has 0 aliphatic heterocycles. The first-order valence-corrected chi connectivity index (χ1v) is 5.17. The summed E-state index contributed by atoms with van der Waals surface area (Å²) in [5.74, 6) is -1.97. The van der Waals surface area contributed by atoms with Gasteiger partial charge in [0.25, 0.3) is 0 Å². The SMILES string of the molecule is CN(CC(F)(F)F)c1cc(F)cc(/C=C/C(=O)O)c1. The summed E-state index contributed by atoms with van der Waals surface area (Å²) >= 11 is 0. The normalized spacial score (nSPS) is 11.8. The summed E-state index contributed by atoms with van der Waals surface area (Å²) in [6, 6.07) is 3.25. The van der Waals surface area contributed by atoms with Crippen molar-refractivity contribution in [3.63, 3.8) is 0 Å². The van der Waals surface area contributed by atoms with Gasteiger partial charge in [-0.05, 0) is 29.8 Å². The maximum atomic E-state index is 13.3. The van der Waals surface area contributed by atoms with Crippen molar-refractivity contribution in [1.82, 2.24) is 0 Å². The molecule has 0 bridgehead atoms. The number of carbonyl (C=O) groups is 1. The molecule has 0 aliphatic rings. The highest BCUT2D eigenvalue weighted by Crippen LogP contribution is 2.23. The Morgan fingerprint density at radius 2 is 2.00 bits per heavy atom. The van der Waals surface area contributed by atoms with Crippen molar-refractivity contribution in [2.24, 2.45) is 0 Å². The number of anilines is 1. The van der Waals surface area contributed by atoms with Crippen LogP contribution in [0.5, 0.6) is 0 Å². The maximum Gasteiger partial charge on any atom is 0.405 e. The monoisotopic (exact) mass is 277 g/mol. The molecule has 0 atom stereocenters. The van der Waals surface area contributed by atoms with Crippen LogP contribution in [0, 0.1) is 5.82 Å². The number of benzene rings is 1. The van der Waals surface area contributed by atoms with Crippen LogP contribution in [-0.4, -0.2) is 30.8 Å². The number of halogens is 4. The molecule has 0 fully saturated rings. The standard InChI is InChI=1S/C12H11F4NO2/c1-17(7-12(14,15)16)10-5-8(2-3-11(18)19)4-9(13)6-10/h2-6H,7H2,1H3,(H,18,19)/b3-2+. The van der Waals surface area contributed by atoms with Crippen LogP contribution in [0.3, 0.4) is 0 Å². The highest BCUT2D eigenvalue weighted by molar-refractivity contribution is 5.85. The summed E-state index contributed by atoms with van der Waals surface area (Å²) in [5, 5.41) is 8.44. The number of rotatable bonds is 4. The van der Waals surface area contributed by atoms with Gasteiger partial charge in [-0.15, -0.1) is 0 Å². The molecular formula is C12H11F4NO2. The highest BCUT2D eigenvalue weighted by atomic mass is 19.4. The molecule has 7 heteroatoms. The number of aliphatic carboxylic acids is 1. The lowest BCUT2D eigenvalue weighted by atomic mass is 10.1. The van der Waals surface area contributed by atoms with E-state index in [-0.39, 0.29) is 11.3 Å². The third-order valence-electron chi connectivity index (χ3n) is 2.18. The predicted octanol–water partition coefficient (Wildman–Crippen LogP) is 2.92. The topological polar surface area (TPSA) is 40.5 Å². The number of hydrogen-bond donors (Lipinski definition) is 1. The van der Waals surface area contributed by atoms with Gasteiger partial charge in [-0.2, -0.15) is 13.2 Å². The molecule has 0 unspecified atom stereocenters. The van der Waals surface area contributed by atoms with Gasteiger partial charge < -0.3 is 10.0 Å². The molecule has 0 spiro atoms. The summed E-state index contributed by atoms with van der Waals surface area (Å²) in [4.78, 5) is 11.2. The van der Waals surface area contributed by atoms with Gasteiger partial charge in [0.1, 0.15) is 12.4 Å². The van der Waals surface area contributed by atoms with Gasteiger partial charge >= 0.3 is 12.1 Å². The zero-order chi connectivity index (χ0) is 14.6. The first-order valence-electron chi connectivity index (χ1n) is 5.17. The first kappa shape index (κ1) is 15.0. The average molecular weight is 277 g/mol. The second-order valence-electron chi connectivity index (χ2n) is 3.89. The Morgan fingerprint density at radius 3 is 2.53 bits per heavy atom. The van der Waals surface area contributed by atoms with Crippen LogP contribution in [0.4, 0.5) is 23.2 Å². The third-order valence-corrected chi connectivity index (χ3v) is 2.18. The van der Waals surface area contributed by atoms with Crippen LogP contribution in [0.25, 0.3) is 6.08 Å². The molecule has 1 rings (SSSR count). The fourth-order valence-corrected chi connectivity index (χ4v) is 1.44. The van der Waals surface area contributed by atoms with E-state index in [1.165, 1.54) is 13.1 Å². The van der Waals surface area contributed by atoms with E-state index in [4.69, 9.17) is 5.11 Å². The highest BCUT2D eigenvalue weighted by Gasteiger charge is 2.29. The van der Waals surface area contributed by atoms with Crippen molar-refractivity contribution in [3.8, 4) is 0 Å². The van der Waals surface area contributed by atoms with Crippen molar-refractivity contribution < 1.29 is 27.5 Å². The second kappa shape index (κ2) is 5.73. The molecule has 1 aromatic rings. The Morgan fingerprint density at radius 1 is 1.37 bits per heavy atom. The zero-order valence-corrected chi connectivity index (χ0v) is 9.91. The van der Waals surface area contributed by atoms with E-state index in [0.29, 0.717) is 0 Å². The van der Waals surface area contributed by atoms with Crippen molar-refractivity contribution >= 4 is 17.7 Å². The van der Waals surface area contributed by atoms with E-state index < -0.39 is 24.5 Å². The molecule has 0 heterocycles. The Kier molecular flexibility index (Phi) is 4.52. The van der Waals surface area contributed by atoms with Gasteiger partial charge in [0.2, 0.25) is 0 Å². The molecule has 0 aromatic heterocycles. The molecule has 3 nitrogen and oxygen atoms in total. The molecular weight excluding hydrogens is 266 g/mol. The average Bonchev–Trinajstić information content (AvgIpc) is 2.23. The van der Waals surface area contributed by atoms with E-state index >= 15 is 0 Å². The molecule has 0 radical (unpaired) electrons. The zero-order valence-electron chi connectivity index (χ0n) is 9.91. The second-order valence-corrected chi connectivity index (χ2v) is 3.89. The number of hydrogen-bond acceptors (Lipinski definition) is 2. The van der Waals surface area contributed by atoms with E-state index in [9.17, 15) is 22.4 Å². The largest absolute Gasteiger partial charge is 0.478 e. The van der Waals surface area contributed by atoms with Crippen LogP contribution < -0.4 is 4.90 Å². The molecule has 1 N–H and O–H groups in total. The van der Waals surface area contributed by atoms with E-state index in [1.807, 2.05) is 0 Å². The molecule has 0 amide bonds. The summed E-state index contributed by atoms with van der Waals surface area (Å²) in [6.45, 7) is -1.22. The Labute approximate surface area is 106 Å². The van der Waals surface area contributed by atoms with Gasteiger partial charge in [-0.25, -0.2) is 9.18 Å². The summed E-state index contributed by atoms with van der Waals surface area (Å²) in [5.41, 5.74) is 0.189. The van der Waals surface area contributed by atoms with Crippen LogP contribution in [0.1, 0.15) is 5.56 Å². The quantitative estimate of drug-likeness (QED) is 0.679. The fourth-order valence-electron chi connectivity index (χ4n) is 1.44. The molecule has 1 aromatic carbocycles. The van der Waals surface area contributed by atoms with Gasteiger partial charge in [-0.1, -0.05) is 0 Å². The third kappa shape index (κ3) is 5.41. The van der Waals surface area contributed by atoms with Crippen LogP contribution in [-0.2, 0) is 4.79 Å². The van der Waals surface area contributed by atoms with Crippen molar-refractivity contribution in [2.45, 2.75) is 6.18 Å². The molecule has 0 saturated carbocycles. The summed E-state index contributed by atoms with van der Waals surface area (Å²) in [6.07, 6.45) is -2.52. The Hall–Kier alpha value is -2.05. The van der Waals surface area contributed by atoms with Gasteiger partial charge in [-0.3, -0.25) is 0 Å². The number of alkyl halides is 3. The molecule has 104 valence electrons. The molecule has 0 saturated heterocycles. The number of carboxylic acids is 1. The number of carboxylic acid groups (broad SMARTS) is 1. The van der Waals surface area contributed by atoms with Crippen LogP contribution >= 0.6 is 0 Å². The summed E-state index contributed by atoms with van der Waals surface area (Å²) < 4.78 is 49.9. The lowest BCUT2D eigenvalue weighted by Crippen LogP contribution is -2.30. The van der Waals surface area contributed by atoms with E-state index in [0.717, 1.165) is 29.2 Å². The summed E-state index contributed by atoms with van der Waals surface area (Å²) in [7, 11) is 1.17. The van der Waals surface area contributed by atoms with Crippen molar-refractivity contribution in [2.75, 3.05) is 18.5 Å². The lowest BCUT2D eigenvalue weighted by molar-refractivity contribution is -0.131. The molecule has 0 aliphatic carbocycles. The Balaban J connectivity index is 2.99. The lowest BCUT2D eigenvalue weighted by Gasteiger charge is -2.21. The maximum absolute atomic E-state index is 13.3. The molecule has 19 heavy (non-hydrogen) atoms. The minimum atomic E-state index is -4.40. The van der Waals surface area contributed by atoms with E-state index in [1.54, 1.807) is 0 Å². The van der Waals surface area contributed by atoms with Gasteiger partial charge in [0.05, 0.1) is 0 Å². The minimum Gasteiger partial charge on any atom is -0.478 e. The first-order chi connectivity index (χ1) is 8.67. The predicted molar refractivity (Wildman–Crippen MR) is 62.4 cm³/mol.